The Labute approximate surface area is 299 Å². The molecule has 0 spiro atoms. The van der Waals surface area contributed by atoms with E-state index < -0.39 is 93.0 Å². The van der Waals surface area contributed by atoms with Crippen molar-refractivity contribution in [2.75, 3.05) is 0 Å². The van der Waals surface area contributed by atoms with E-state index in [0.717, 1.165) is 0 Å². The van der Waals surface area contributed by atoms with Crippen LogP contribution in [-0.4, -0.2) is 0 Å². The van der Waals surface area contributed by atoms with Gasteiger partial charge in [0.15, 0.2) is 34.9 Å². The third kappa shape index (κ3) is 8.00. The van der Waals surface area contributed by atoms with Gasteiger partial charge in [-0.25, -0.2) is 43.9 Å². The minimum atomic E-state index is -4.79. The summed E-state index contributed by atoms with van der Waals surface area (Å²) in [5.74, 6) is -20.9. The van der Waals surface area contributed by atoms with Crippen molar-refractivity contribution in [1.29, 1.82) is 0 Å². The Kier molecular flexibility index (Phi) is 10.2. The van der Waals surface area contributed by atoms with Crippen LogP contribution in [0.5, 0.6) is 23.0 Å². The molecule has 6 rings (SSSR count). The first kappa shape index (κ1) is 38.5. The molecule has 0 amide bonds. The van der Waals surface area contributed by atoms with Gasteiger partial charge in [0.25, 0.3) is 0 Å². The Morgan fingerprint density at radius 1 is 0.309 bits per heavy atom. The standard InChI is InChI=1S/C38H16F14O3/c39-25-9-19(10-26(40)33(25)37(49,50)54-23-13-29(43)35(47)30(44)14-23)17-1-5-21(6-2-17)53-22-7-3-18(4-8-22)20-11-27(41)34(28(42)12-20)38(51,52)55-24-15-31(45)36(48)32(46)16-24/h1-16H. The van der Waals surface area contributed by atoms with E-state index in [1.165, 1.54) is 48.5 Å². The van der Waals surface area contributed by atoms with Gasteiger partial charge >= 0.3 is 12.2 Å². The maximum atomic E-state index is 14.8. The van der Waals surface area contributed by atoms with Crippen LogP contribution in [0.4, 0.5) is 61.5 Å². The zero-order valence-electron chi connectivity index (χ0n) is 26.8. The highest BCUT2D eigenvalue weighted by atomic mass is 19.3. The lowest BCUT2D eigenvalue weighted by molar-refractivity contribution is -0.190. The van der Waals surface area contributed by atoms with Gasteiger partial charge in [-0.3, -0.25) is 0 Å². The summed E-state index contributed by atoms with van der Waals surface area (Å²) in [6.07, 6.45) is -9.58. The Morgan fingerprint density at radius 3 is 0.855 bits per heavy atom. The predicted octanol–water partition coefficient (Wildman–Crippen LogP) is 12.5. The zero-order valence-corrected chi connectivity index (χ0v) is 26.8. The molecule has 0 aliphatic heterocycles. The van der Waals surface area contributed by atoms with Crippen LogP contribution in [0.1, 0.15) is 11.1 Å². The molecule has 3 nitrogen and oxygen atoms in total. The third-order valence-electron chi connectivity index (χ3n) is 7.68. The average molecular weight is 787 g/mol. The third-order valence-corrected chi connectivity index (χ3v) is 7.68. The SMILES string of the molecule is Fc1cc(OC(F)(F)c2c(F)cc(-c3ccc(Oc4ccc(-c5cc(F)c(C(F)(F)Oc6cc(F)c(F)c(F)c6)c(F)c5)cc4)cc3)cc2F)cc(F)c1F. The molecule has 0 unspecified atom stereocenters. The second kappa shape index (κ2) is 14.5. The van der Waals surface area contributed by atoms with Crippen molar-refractivity contribution < 1.29 is 75.7 Å². The topological polar surface area (TPSA) is 27.7 Å². The smallest absolute Gasteiger partial charge is 0.432 e. The molecular formula is C38H16F14O3. The highest BCUT2D eigenvalue weighted by Gasteiger charge is 2.43. The summed E-state index contributed by atoms with van der Waals surface area (Å²) in [7, 11) is 0. The molecular weight excluding hydrogens is 770 g/mol. The van der Waals surface area contributed by atoms with Gasteiger partial charge in [-0.05, 0) is 70.8 Å². The van der Waals surface area contributed by atoms with Crippen LogP contribution < -0.4 is 14.2 Å². The van der Waals surface area contributed by atoms with Gasteiger partial charge in [-0.15, -0.1) is 0 Å². The number of ether oxygens (including phenoxy) is 3. The molecule has 6 aromatic rings. The molecule has 0 heterocycles. The molecule has 0 radical (unpaired) electrons. The van der Waals surface area contributed by atoms with Crippen molar-refractivity contribution in [2.45, 2.75) is 12.2 Å². The molecule has 0 atom stereocenters. The first-order chi connectivity index (χ1) is 25.8. The summed E-state index contributed by atoms with van der Waals surface area (Å²) in [4.78, 5) is 0. The molecule has 17 heteroatoms. The lowest BCUT2D eigenvalue weighted by Gasteiger charge is -2.20. The van der Waals surface area contributed by atoms with Crippen molar-refractivity contribution in [3.05, 3.63) is 166 Å². The first-order valence-corrected chi connectivity index (χ1v) is 15.1. The molecule has 0 saturated heterocycles. The fraction of sp³-hybridized carbons (Fsp3) is 0.0526. The predicted molar refractivity (Wildman–Crippen MR) is 165 cm³/mol. The van der Waals surface area contributed by atoms with E-state index in [0.29, 0.717) is 24.3 Å². The molecule has 0 N–H and O–H groups in total. The monoisotopic (exact) mass is 786 g/mol. The number of hydrogen-bond acceptors (Lipinski definition) is 3. The van der Waals surface area contributed by atoms with Crippen LogP contribution in [0.2, 0.25) is 0 Å². The van der Waals surface area contributed by atoms with Gasteiger partial charge in [0.05, 0.1) is 0 Å². The number of hydrogen-bond donors (Lipinski definition) is 0. The van der Waals surface area contributed by atoms with E-state index in [1.54, 1.807) is 0 Å². The van der Waals surface area contributed by atoms with Crippen LogP contribution >= 0.6 is 0 Å². The first-order valence-electron chi connectivity index (χ1n) is 15.1. The van der Waals surface area contributed by atoms with E-state index in [9.17, 15) is 61.5 Å². The van der Waals surface area contributed by atoms with Crippen molar-refractivity contribution in [2.24, 2.45) is 0 Å². The molecule has 0 aromatic heterocycles. The van der Waals surface area contributed by atoms with Gasteiger partial charge in [-0.1, -0.05) is 24.3 Å². The molecule has 0 aliphatic carbocycles. The fourth-order valence-electron chi connectivity index (χ4n) is 5.18. The van der Waals surface area contributed by atoms with Gasteiger partial charge < -0.3 is 14.2 Å². The summed E-state index contributed by atoms with van der Waals surface area (Å²) >= 11 is 0. The Bertz CT molecular complexity index is 2160. The number of benzene rings is 6. The number of rotatable bonds is 10. The highest BCUT2D eigenvalue weighted by Crippen LogP contribution is 2.40. The Morgan fingerprint density at radius 2 is 0.582 bits per heavy atom. The van der Waals surface area contributed by atoms with E-state index in [4.69, 9.17) is 4.74 Å². The maximum absolute atomic E-state index is 14.8. The second-order valence-corrected chi connectivity index (χ2v) is 11.4. The molecule has 6 aromatic carbocycles. The molecule has 284 valence electrons. The fourth-order valence-corrected chi connectivity index (χ4v) is 5.18. The molecule has 0 fully saturated rings. The van der Waals surface area contributed by atoms with Crippen LogP contribution in [0.25, 0.3) is 22.3 Å². The second-order valence-electron chi connectivity index (χ2n) is 11.4. The van der Waals surface area contributed by atoms with Crippen molar-refractivity contribution in [3.63, 3.8) is 0 Å². The summed E-state index contributed by atoms with van der Waals surface area (Å²) in [6.45, 7) is 0. The average Bonchev–Trinajstić information content (AvgIpc) is 3.09. The normalized spacial score (nSPS) is 11.8. The lowest BCUT2D eigenvalue weighted by atomic mass is 10.0. The minimum absolute atomic E-state index is 0.0658. The van der Waals surface area contributed by atoms with E-state index in [1.807, 2.05) is 0 Å². The zero-order chi connectivity index (χ0) is 40.0. The lowest BCUT2D eigenvalue weighted by Crippen LogP contribution is -2.25. The van der Waals surface area contributed by atoms with Gasteiger partial charge in [0, 0.05) is 24.3 Å². The van der Waals surface area contributed by atoms with Gasteiger partial charge in [0.1, 0.15) is 57.4 Å². The van der Waals surface area contributed by atoms with Gasteiger partial charge in [0.2, 0.25) is 0 Å². The Hall–Kier alpha value is -6.26. The molecule has 0 aliphatic rings. The summed E-state index contributed by atoms with van der Waals surface area (Å²) < 4.78 is 212. The molecule has 0 saturated carbocycles. The van der Waals surface area contributed by atoms with Gasteiger partial charge in [-0.2, -0.15) is 17.6 Å². The van der Waals surface area contributed by atoms with Crippen LogP contribution in [-0.2, 0) is 12.2 Å². The van der Waals surface area contributed by atoms with Crippen LogP contribution in [0.15, 0.2) is 97.1 Å². The van der Waals surface area contributed by atoms with Crippen molar-refractivity contribution in [3.8, 4) is 45.3 Å². The number of halogens is 14. The Balaban J connectivity index is 1.14. The van der Waals surface area contributed by atoms with E-state index in [2.05, 4.69) is 9.47 Å². The molecule has 55 heavy (non-hydrogen) atoms. The number of alkyl halides is 4. The summed E-state index contributed by atoms with van der Waals surface area (Å²) in [6, 6.07) is 12.9. The van der Waals surface area contributed by atoms with E-state index >= 15 is 0 Å². The van der Waals surface area contributed by atoms with Crippen molar-refractivity contribution >= 4 is 0 Å². The van der Waals surface area contributed by atoms with Crippen LogP contribution in [0.3, 0.4) is 0 Å². The quantitative estimate of drug-likeness (QED) is 0.102. The summed E-state index contributed by atoms with van der Waals surface area (Å²) in [5.41, 5.74) is -4.01. The largest absolute Gasteiger partial charge is 0.457 e. The molecule has 0 bridgehead atoms. The summed E-state index contributed by atoms with van der Waals surface area (Å²) in [5, 5.41) is 0. The van der Waals surface area contributed by atoms with Crippen molar-refractivity contribution in [1.82, 2.24) is 0 Å². The highest BCUT2D eigenvalue weighted by molar-refractivity contribution is 5.66. The van der Waals surface area contributed by atoms with Crippen LogP contribution in [0, 0.1) is 58.2 Å². The minimum Gasteiger partial charge on any atom is -0.457 e. The van der Waals surface area contributed by atoms with E-state index in [-0.39, 0.29) is 58.0 Å². The maximum Gasteiger partial charge on any atom is 0.432 e.